The lowest BCUT2D eigenvalue weighted by atomic mass is 10.2. The van der Waals surface area contributed by atoms with Crippen molar-refractivity contribution in [1.82, 2.24) is 8.87 Å². The summed E-state index contributed by atoms with van der Waals surface area (Å²) < 4.78 is 28.2. The Balaban J connectivity index is 1.78. The van der Waals surface area contributed by atoms with Crippen molar-refractivity contribution in [3.05, 3.63) is 59.2 Å². The number of nitrogens with zero attached hydrogens (tertiary/aromatic N) is 3. The van der Waals surface area contributed by atoms with Crippen molar-refractivity contribution in [3.8, 4) is 0 Å². The molecule has 0 saturated carbocycles. The van der Waals surface area contributed by atoms with Crippen molar-refractivity contribution in [2.24, 2.45) is 0 Å². The van der Waals surface area contributed by atoms with E-state index in [4.69, 9.17) is 5.11 Å². The van der Waals surface area contributed by atoms with Crippen molar-refractivity contribution >= 4 is 48.6 Å². The van der Waals surface area contributed by atoms with Gasteiger partial charge in [0.25, 0.3) is 10.0 Å². The lowest BCUT2D eigenvalue weighted by Gasteiger charge is -2.35. The molecule has 1 N–H and O–H groups in total. The number of hydrogen-bond acceptors (Lipinski definition) is 4. The highest BCUT2D eigenvalue weighted by Crippen LogP contribution is 2.36. The van der Waals surface area contributed by atoms with Gasteiger partial charge in [0, 0.05) is 47.9 Å². The van der Waals surface area contributed by atoms with Crippen LogP contribution < -0.4 is 4.90 Å². The summed E-state index contributed by atoms with van der Waals surface area (Å²) in [6.07, 6.45) is 0.656. The van der Waals surface area contributed by atoms with Crippen LogP contribution in [-0.2, 0) is 10.0 Å². The fourth-order valence-electron chi connectivity index (χ4n) is 3.50. The maximum Gasteiger partial charge on any atom is 0.407 e. The zero-order valence-electron chi connectivity index (χ0n) is 14.8. The number of fused-ring (bicyclic) bond motifs is 1. The summed E-state index contributed by atoms with van der Waals surface area (Å²) in [4.78, 5) is 14.8. The minimum atomic E-state index is -3.73. The highest BCUT2D eigenvalue weighted by atomic mass is 79.9. The van der Waals surface area contributed by atoms with Gasteiger partial charge in [-0.1, -0.05) is 24.3 Å². The van der Waals surface area contributed by atoms with Crippen LogP contribution in [0.4, 0.5) is 10.5 Å². The Bertz CT molecular complexity index is 1140. The first kappa shape index (κ1) is 18.8. The first-order valence-corrected chi connectivity index (χ1v) is 11.0. The smallest absolute Gasteiger partial charge is 0.407 e. The standard InChI is InChI=1S/C19H18BrN3O4S/c20-15-13-23(28(26,27)14-5-2-1-3-6-14)17-8-4-7-16(18(15)17)21-9-11-22(12-10-21)19(24)25/h1-8,13H,9-12H2,(H,24,25). The molecule has 2 aromatic carbocycles. The number of hydrogen-bond donors (Lipinski definition) is 1. The van der Waals surface area contributed by atoms with Gasteiger partial charge in [-0.3, -0.25) is 0 Å². The van der Waals surface area contributed by atoms with E-state index in [1.807, 2.05) is 12.1 Å². The topological polar surface area (TPSA) is 82.8 Å². The molecule has 9 heteroatoms. The molecular formula is C19H18BrN3O4S. The fourth-order valence-corrected chi connectivity index (χ4v) is 5.63. The van der Waals surface area contributed by atoms with E-state index in [1.54, 1.807) is 42.6 Å². The minimum Gasteiger partial charge on any atom is -0.465 e. The van der Waals surface area contributed by atoms with Crippen LogP contribution in [0.5, 0.6) is 0 Å². The molecule has 7 nitrogen and oxygen atoms in total. The Labute approximate surface area is 171 Å². The summed E-state index contributed by atoms with van der Waals surface area (Å²) in [5.41, 5.74) is 1.46. The van der Waals surface area contributed by atoms with Gasteiger partial charge in [0.15, 0.2) is 0 Å². The highest BCUT2D eigenvalue weighted by molar-refractivity contribution is 9.10. The monoisotopic (exact) mass is 463 g/mol. The van der Waals surface area contributed by atoms with Gasteiger partial charge >= 0.3 is 6.09 Å². The van der Waals surface area contributed by atoms with E-state index in [1.165, 1.54) is 8.87 Å². The summed E-state index contributed by atoms with van der Waals surface area (Å²) in [6, 6.07) is 13.8. The zero-order valence-corrected chi connectivity index (χ0v) is 17.2. The normalized spacial score (nSPS) is 15.2. The van der Waals surface area contributed by atoms with Gasteiger partial charge in [-0.05, 0) is 40.2 Å². The van der Waals surface area contributed by atoms with Crippen LogP contribution >= 0.6 is 15.9 Å². The van der Waals surface area contributed by atoms with Crippen LogP contribution in [0.3, 0.4) is 0 Å². The van der Waals surface area contributed by atoms with Crippen LogP contribution in [0.2, 0.25) is 0 Å². The number of rotatable bonds is 3. The van der Waals surface area contributed by atoms with Crippen LogP contribution in [-0.4, -0.2) is 54.7 Å². The van der Waals surface area contributed by atoms with Crippen molar-refractivity contribution in [2.75, 3.05) is 31.1 Å². The third-order valence-electron chi connectivity index (χ3n) is 4.92. The fraction of sp³-hybridized carbons (Fsp3) is 0.211. The molecule has 2 heterocycles. The molecule has 1 aromatic heterocycles. The molecule has 1 saturated heterocycles. The van der Waals surface area contributed by atoms with Crippen molar-refractivity contribution in [3.63, 3.8) is 0 Å². The SMILES string of the molecule is O=C(O)N1CCN(c2cccc3c2c(Br)cn3S(=O)(=O)c2ccccc2)CC1. The molecule has 1 fully saturated rings. The molecule has 3 aromatic rings. The Hall–Kier alpha value is -2.52. The molecular weight excluding hydrogens is 446 g/mol. The largest absolute Gasteiger partial charge is 0.465 e. The lowest BCUT2D eigenvalue weighted by Crippen LogP contribution is -2.48. The number of amides is 1. The molecule has 1 aliphatic rings. The number of aromatic nitrogens is 1. The average Bonchev–Trinajstić information content (AvgIpc) is 3.06. The summed E-state index contributed by atoms with van der Waals surface area (Å²) in [5.74, 6) is 0. The Morgan fingerprint density at radius 3 is 2.29 bits per heavy atom. The molecule has 0 aliphatic carbocycles. The summed E-state index contributed by atoms with van der Waals surface area (Å²) in [6.45, 7) is 1.92. The van der Waals surface area contributed by atoms with E-state index in [2.05, 4.69) is 20.8 Å². The second-order valence-electron chi connectivity index (χ2n) is 6.52. The lowest BCUT2D eigenvalue weighted by molar-refractivity contribution is 0.142. The molecule has 0 bridgehead atoms. The van der Waals surface area contributed by atoms with Crippen LogP contribution in [0, 0.1) is 0 Å². The van der Waals surface area contributed by atoms with Gasteiger partial charge < -0.3 is 14.9 Å². The molecule has 1 aliphatic heterocycles. The summed E-state index contributed by atoms with van der Waals surface area (Å²) in [7, 11) is -3.73. The average molecular weight is 464 g/mol. The first-order chi connectivity index (χ1) is 13.4. The highest BCUT2D eigenvalue weighted by Gasteiger charge is 2.25. The number of benzene rings is 2. The number of carbonyl (C=O) groups is 1. The third-order valence-corrected chi connectivity index (χ3v) is 7.21. The molecule has 0 unspecified atom stereocenters. The molecule has 28 heavy (non-hydrogen) atoms. The number of carboxylic acid groups (broad SMARTS) is 1. The van der Waals surface area contributed by atoms with Crippen LogP contribution in [0.25, 0.3) is 10.9 Å². The van der Waals surface area contributed by atoms with Gasteiger partial charge in [-0.2, -0.15) is 0 Å². The summed E-state index contributed by atoms with van der Waals surface area (Å²) in [5, 5.41) is 9.94. The number of anilines is 1. The Morgan fingerprint density at radius 2 is 1.64 bits per heavy atom. The predicted molar refractivity (Wildman–Crippen MR) is 110 cm³/mol. The van der Waals surface area contributed by atoms with Crippen LogP contribution in [0.1, 0.15) is 0 Å². The molecule has 0 radical (unpaired) electrons. The van der Waals surface area contributed by atoms with Crippen molar-refractivity contribution < 1.29 is 18.3 Å². The third kappa shape index (κ3) is 3.14. The van der Waals surface area contributed by atoms with Crippen LogP contribution in [0.15, 0.2) is 64.1 Å². The second kappa shape index (κ2) is 7.14. The molecule has 0 atom stereocenters. The van der Waals surface area contributed by atoms with E-state index in [9.17, 15) is 13.2 Å². The minimum absolute atomic E-state index is 0.222. The molecule has 4 rings (SSSR count). The second-order valence-corrected chi connectivity index (χ2v) is 9.19. The molecule has 146 valence electrons. The van der Waals surface area contributed by atoms with E-state index >= 15 is 0 Å². The van der Waals surface area contributed by atoms with Gasteiger partial charge in [0.05, 0.1) is 10.4 Å². The van der Waals surface area contributed by atoms with E-state index < -0.39 is 16.1 Å². The zero-order chi connectivity index (χ0) is 19.9. The number of piperazine rings is 1. The van der Waals surface area contributed by atoms with Crippen molar-refractivity contribution in [1.29, 1.82) is 0 Å². The van der Waals surface area contributed by atoms with Crippen molar-refractivity contribution in [2.45, 2.75) is 4.90 Å². The van der Waals surface area contributed by atoms with E-state index in [-0.39, 0.29) is 4.90 Å². The van der Waals surface area contributed by atoms with E-state index in [0.717, 1.165) is 11.1 Å². The maximum atomic E-state index is 13.1. The molecule has 0 spiro atoms. The molecule has 1 amide bonds. The quantitative estimate of drug-likeness (QED) is 0.642. The van der Waals surface area contributed by atoms with E-state index in [0.29, 0.717) is 36.2 Å². The predicted octanol–water partition coefficient (Wildman–Crippen LogP) is 3.44. The first-order valence-electron chi connectivity index (χ1n) is 8.72. The summed E-state index contributed by atoms with van der Waals surface area (Å²) >= 11 is 3.52. The van der Waals surface area contributed by atoms with Gasteiger partial charge in [-0.25, -0.2) is 17.2 Å². The van der Waals surface area contributed by atoms with Gasteiger partial charge in [0.2, 0.25) is 0 Å². The Morgan fingerprint density at radius 1 is 0.964 bits per heavy atom. The van der Waals surface area contributed by atoms with Gasteiger partial charge in [0.1, 0.15) is 0 Å². The maximum absolute atomic E-state index is 13.1. The van der Waals surface area contributed by atoms with Gasteiger partial charge in [-0.15, -0.1) is 0 Å². The Kier molecular flexibility index (Phi) is 4.80. The number of halogens is 1.